The molecule has 1 aromatic heterocycles. The third-order valence-corrected chi connectivity index (χ3v) is 4.38. The molecular weight excluding hydrogens is 352 g/mol. The maximum Gasteiger partial charge on any atom is 0.290 e. The van der Waals surface area contributed by atoms with Crippen LogP contribution in [0.5, 0.6) is 0 Å². The number of furan rings is 1. The molecule has 1 aromatic carbocycles. The van der Waals surface area contributed by atoms with Crippen LogP contribution in [0.3, 0.4) is 0 Å². The minimum absolute atomic E-state index is 0.0244. The predicted octanol–water partition coefficient (Wildman–Crippen LogP) is 2.02. The molecule has 27 heavy (non-hydrogen) atoms. The van der Waals surface area contributed by atoms with Gasteiger partial charge in [0.2, 0.25) is 5.91 Å². The van der Waals surface area contributed by atoms with Gasteiger partial charge in [0.15, 0.2) is 5.76 Å². The zero-order chi connectivity index (χ0) is 19.2. The Balaban J connectivity index is 1.46. The Kier molecular flexibility index (Phi) is 5.70. The van der Waals surface area contributed by atoms with Crippen LogP contribution in [0.2, 0.25) is 0 Å². The molecule has 1 fully saturated rings. The van der Waals surface area contributed by atoms with Crippen LogP contribution >= 0.6 is 0 Å². The van der Waals surface area contributed by atoms with Gasteiger partial charge in [0.1, 0.15) is 6.04 Å². The molecule has 0 spiro atoms. The lowest BCUT2D eigenvalue weighted by Gasteiger charge is -2.23. The van der Waals surface area contributed by atoms with Gasteiger partial charge in [-0.3, -0.25) is 19.7 Å². The van der Waals surface area contributed by atoms with Crippen molar-refractivity contribution in [3.63, 3.8) is 0 Å². The predicted molar refractivity (Wildman–Crippen MR) is 97.4 cm³/mol. The second-order valence-corrected chi connectivity index (χ2v) is 6.16. The molecule has 1 unspecified atom stereocenters. The van der Waals surface area contributed by atoms with E-state index in [1.165, 1.54) is 23.3 Å². The molecule has 1 aliphatic rings. The highest BCUT2D eigenvalue weighted by atomic mass is 16.6. The highest BCUT2D eigenvalue weighted by Crippen LogP contribution is 2.20. The van der Waals surface area contributed by atoms with Gasteiger partial charge in [-0.05, 0) is 37.1 Å². The van der Waals surface area contributed by atoms with E-state index >= 15 is 0 Å². The minimum Gasteiger partial charge on any atom is -0.459 e. The van der Waals surface area contributed by atoms with Gasteiger partial charge in [0.05, 0.1) is 11.2 Å². The Morgan fingerprint density at radius 3 is 2.67 bits per heavy atom. The van der Waals surface area contributed by atoms with Crippen LogP contribution in [0.15, 0.2) is 47.1 Å². The van der Waals surface area contributed by atoms with Crippen molar-refractivity contribution < 1.29 is 18.9 Å². The normalized spacial score (nSPS) is 16.1. The molecule has 9 heteroatoms. The van der Waals surface area contributed by atoms with Crippen LogP contribution < -0.4 is 10.6 Å². The number of benzene rings is 1. The molecule has 142 valence electrons. The first-order valence-corrected chi connectivity index (χ1v) is 8.67. The zero-order valence-corrected chi connectivity index (χ0v) is 14.6. The first kappa shape index (κ1) is 18.4. The van der Waals surface area contributed by atoms with Gasteiger partial charge in [-0.25, -0.2) is 0 Å². The summed E-state index contributed by atoms with van der Waals surface area (Å²) in [5, 5.41) is 16.5. The molecule has 0 aliphatic carbocycles. The first-order chi connectivity index (χ1) is 13.1. The van der Waals surface area contributed by atoms with E-state index < -0.39 is 11.0 Å². The standard InChI is InChI=1S/C18H20N4O5/c23-17(15-3-1-11-21(15)18(24)16-4-2-12-27-16)20-10-9-19-13-5-7-14(8-6-13)22(25)26/h2,4-8,12,15,19H,1,3,9-11H2,(H,20,23). The number of hydrogen-bond donors (Lipinski definition) is 2. The number of hydrogen-bond acceptors (Lipinski definition) is 6. The number of nitro benzene ring substituents is 1. The van der Waals surface area contributed by atoms with E-state index in [1.54, 1.807) is 24.3 Å². The summed E-state index contributed by atoms with van der Waals surface area (Å²) in [6, 6.07) is 8.78. The largest absolute Gasteiger partial charge is 0.459 e. The summed E-state index contributed by atoms with van der Waals surface area (Å²) in [7, 11) is 0. The highest BCUT2D eigenvalue weighted by molar-refractivity contribution is 5.95. The van der Waals surface area contributed by atoms with Gasteiger partial charge >= 0.3 is 0 Å². The molecule has 1 atom stereocenters. The minimum atomic E-state index is -0.498. The summed E-state index contributed by atoms with van der Waals surface area (Å²) in [6.45, 7) is 1.36. The number of carbonyl (C=O) groups is 2. The Bertz CT molecular complexity index is 804. The quantitative estimate of drug-likeness (QED) is 0.436. The maximum atomic E-state index is 12.4. The lowest BCUT2D eigenvalue weighted by atomic mass is 10.2. The Labute approximate surface area is 155 Å². The van der Waals surface area contributed by atoms with Gasteiger partial charge in [-0.1, -0.05) is 0 Å². The number of rotatable bonds is 7. The SMILES string of the molecule is O=C(NCCNc1ccc([N+](=O)[O-])cc1)C1CCCN1C(=O)c1ccco1. The molecule has 0 bridgehead atoms. The number of likely N-dealkylation sites (tertiary alicyclic amines) is 1. The van der Waals surface area contributed by atoms with E-state index in [-0.39, 0.29) is 23.3 Å². The number of anilines is 1. The third-order valence-electron chi connectivity index (χ3n) is 4.38. The lowest BCUT2D eigenvalue weighted by Crippen LogP contribution is -2.46. The van der Waals surface area contributed by atoms with Gasteiger partial charge in [-0.2, -0.15) is 0 Å². The number of carbonyl (C=O) groups excluding carboxylic acids is 2. The van der Waals surface area contributed by atoms with Crippen LogP contribution in [0.25, 0.3) is 0 Å². The van der Waals surface area contributed by atoms with Crippen LogP contribution in [-0.2, 0) is 4.79 Å². The number of nitrogens with zero attached hydrogens (tertiary/aromatic N) is 2. The van der Waals surface area contributed by atoms with E-state index in [9.17, 15) is 19.7 Å². The van der Waals surface area contributed by atoms with Crippen LogP contribution in [-0.4, -0.2) is 47.3 Å². The zero-order valence-electron chi connectivity index (χ0n) is 14.6. The fraction of sp³-hybridized carbons (Fsp3) is 0.333. The Morgan fingerprint density at radius 2 is 2.00 bits per heavy atom. The second-order valence-electron chi connectivity index (χ2n) is 6.16. The van der Waals surface area contributed by atoms with Crippen molar-refractivity contribution in [2.75, 3.05) is 25.0 Å². The van der Waals surface area contributed by atoms with E-state index in [1.807, 2.05) is 0 Å². The average molecular weight is 372 g/mol. The van der Waals surface area contributed by atoms with Gasteiger partial charge in [0.25, 0.3) is 11.6 Å². The molecule has 1 saturated heterocycles. The summed E-state index contributed by atoms with van der Waals surface area (Å²) in [5.74, 6) is -0.242. The summed E-state index contributed by atoms with van der Waals surface area (Å²) in [4.78, 5) is 36.5. The van der Waals surface area contributed by atoms with E-state index in [0.717, 1.165) is 12.1 Å². The number of non-ortho nitro benzene ring substituents is 1. The smallest absolute Gasteiger partial charge is 0.290 e. The highest BCUT2D eigenvalue weighted by Gasteiger charge is 2.35. The van der Waals surface area contributed by atoms with Crippen molar-refractivity contribution in [1.82, 2.24) is 10.2 Å². The lowest BCUT2D eigenvalue weighted by molar-refractivity contribution is -0.384. The summed E-state index contributed by atoms with van der Waals surface area (Å²) in [6.07, 6.45) is 2.82. The van der Waals surface area contributed by atoms with Crippen LogP contribution in [0.4, 0.5) is 11.4 Å². The molecular formula is C18H20N4O5. The van der Waals surface area contributed by atoms with E-state index in [0.29, 0.717) is 26.1 Å². The Morgan fingerprint density at radius 1 is 1.22 bits per heavy atom. The summed E-state index contributed by atoms with van der Waals surface area (Å²) < 4.78 is 5.13. The number of amides is 2. The summed E-state index contributed by atoms with van der Waals surface area (Å²) >= 11 is 0. The van der Waals surface area contributed by atoms with Crippen LogP contribution in [0.1, 0.15) is 23.4 Å². The molecule has 2 heterocycles. The second kappa shape index (κ2) is 8.35. The van der Waals surface area contributed by atoms with Crippen molar-refractivity contribution in [2.24, 2.45) is 0 Å². The van der Waals surface area contributed by atoms with Crippen molar-refractivity contribution in [2.45, 2.75) is 18.9 Å². The molecule has 3 rings (SSSR count). The summed E-state index contributed by atoms with van der Waals surface area (Å²) in [5.41, 5.74) is 0.752. The van der Waals surface area contributed by atoms with E-state index in [2.05, 4.69) is 10.6 Å². The topological polar surface area (TPSA) is 118 Å². The number of nitro groups is 1. The molecule has 1 aliphatic heterocycles. The van der Waals surface area contributed by atoms with Crippen molar-refractivity contribution in [3.05, 3.63) is 58.5 Å². The van der Waals surface area contributed by atoms with Crippen molar-refractivity contribution >= 4 is 23.2 Å². The average Bonchev–Trinajstić information content (AvgIpc) is 3.36. The van der Waals surface area contributed by atoms with Gasteiger partial charge in [-0.15, -0.1) is 0 Å². The molecule has 2 aromatic rings. The molecule has 2 N–H and O–H groups in total. The van der Waals surface area contributed by atoms with Gasteiger partial charge in [0, 0.05) is 37.5 Å². The van der Waals surface area contributed by atoms with Crippen molar-refractivity contribution in [3.8, 4) is 0 Å². The third kappa shape index (κ3) is 4.43. The maximum absolute atomic E-state index is 12.4. The fourth-order valence-electron chi connectivity index (χ4n) is 3.04. The van der Waals surface area contributed by atoms with Crippen LogP contribution in [0, 0.1) is 10.1 Å². The molecule has 0 saturated carbocycles. The Hall–Kier alpha value is -3.36. The fourth-order valence-corrected chi connectivity index (χ4v) is 3.04. The van der Waals surface area contributed by atoms with Crippen molar-refractivity contribution in [1.29, 1.82) is 0 Å². The number of nitrogens with one attached hydrogen (secondary N) is 2. The van der Waals surface area contributed by atoms with Gasteiger partial charge < -0.3 is 20.0 Å². The molecule has 2 amide bonds. The van der Waals surface area contributed by atoms with E-state index in [4.69, 9.17) is 4.42 Å². The molecule has 0 radical (unpaired) electrons. The first-order valence-electron chi connectivity index (χ1n) is 8.67. The molecule has 9 nitrogen and oxygen atoms in total. The monoisotopic (exact) mass is 372 g/mol.